The first kappa shape index (κ1) is 25.0. The number of carbonyl (C=O) groups excluding carboxylic acids is 1. The number of hydrogen-bond acceptors (Lipinski definition) is 7. The summed E-state index contributed by atoms with van der Waals surface area (Å²) in [7, 11) is 0. The topological polar surface area (TPSA) is 148 Å². The van der Waals surface area contributed by atoms with Crippen LogP contribution in [0.3, 0.4) is 0 Å². The molecule has 3 unspecified atom stereocenters. The number of carbonyl (C=O) groups is 2. The maximum atomic E-state index is 15.4. The number of hydrogen-bond donors (Lipinski definition) is 4. The Hall–Kier alpha value is -3.99. The van der Waals surface area contributed by atoms with Gasteiger partial charge in [0.15, 0.2) is 0 Å². The summed E-state index contributed by atoms with van der Waals surface area (Å²) in [6.07, 6.45) is 7.20. The highest BCUT2D eigenvalue weighted by Gasteiger charge is 2.54. The molecule has 6 atom stereocenters. The van der Waals surface area contributed by atoms with Crippen LogP contribution in [0.1, 0.15) is 55.2 Å². The van der Waals surface area contributed by atoms with Crippen LogP contribution in [0.2, 0.25) is 0 Å². The van der Waals surface area contributed by atoms with Crippen LogP contribution in [0.15, 0.2) is 36.7 Å². The molecule has 2 aliphatic carbocycles. The Morgan fingerprint density at radius 1 is 1.23 bits per heavy atom. The standard InChI is InChI=1S/C29H31FN6O4/c30-19-11-21-18(13-32-35-21)26-24-14-1-2-15(9-14)25(24)27(34-28(19)26)16-3-5-22-17(10-16)12-33-36(22)7-8-40-23(37)6-4-20(31)29(38)39/h3,5,10-15,20,24-25,27,34H,1-2,4,6-9,31H2,(H,32,35)(H,38,39)/t14?,15?,20?,24-,25+,27-/m0/s1. The highest BCUT2D eigenvalue weighted by molar-refractivity contribution is 5.89. The molecule has 11 heteroatoms. The first-order valence-electron chi connectivity index (χ1n) is 13.9. The zero-order chi connectivity index (χ0) is 27.5. The van der Waals surface area contributed by atoms with E-state index in [1.807, 2.05) is 12.3 Å². The lowest BCUT2D eigenvalue weighted by Crippen LogP contribution is -2.36. The third kappa shape index (κ3) is 4.02. The van der Waals surface area contributed by atoms with E-state index in [0.29, 0.717) is 35.9 Å². The number of esters is 1. The SMILES string of the molecule is NC(CCC(=O)OCCn1ncc2cc([C@@H]3Nc4c(F)cc5[nH]ncc5c4[C@H]4C5CCC(C5)[C@@H]34)ccc21)C(=O)O. The summed E-state index contributed by atoms with van der Waals surface area (Å²) in [6.45, 7) is 0.490. The second kappa shape index (κ2) is 9.58. The molecule has 2 bridgehead atoms. The van der Waals surface area contributed by atoms with Gasteiger partial charge in [0.2, 0.25) is 0 Å². The molecule has 0 saturated heterocycles. The van der Waals surface area contributed by atoms with E-state index in [-0.39, 0.29) is 31.3 Å². The Bertz CT molecular complexity index is 1630. The van der Waals surface area contributed by atoms with Crippen LogP contribution in [0, 0.1) is 23.6 Å². The molecule has 3 heterocycles. The van der Waals surface area contributed by atoms with Gasteiger partial charge in [0.05, 0.1) is 41.7 Å². The van der Waals surface area contributed by atoms with Gasteiger partial charge in [-0.15, -0.1) is 0 Å². The van der Waals surface area contributed by atoms with Crippen molar-refractivity contribution in [1.82, 2.24) is 20.0 Å². The van der Waals surface area contributed by atoms with Gasteiger partial charge in [-0.2, -0.15) is 10.2 Å². The molecule has 5 N–H and O–H groups in total. The molecule has 2 aromatic carbocycles. The van der Waals surface area contributed by atoms with Crippen LogP contribution >= 0.6 is 0 Å². The van der Waals surface area contributed by atoms with Crippen molar-refractivity contribution in [3.8, 4) is 0 Å². The molecule has 1 aliphatic heterocycles. The maximum Gasteiger partial charge on any atom is 0.320 e. The van der Waals surface area contributed by atoms with Crippen molar-refractivity contribution in [3.63, 3.8) is 0 Å². The minimum absolute atomic E-state index is 0.00229. The average Bonchev–Trinajstić information content (AvgIpc) is 3.75. The van der Waals surface area contributed by atoms with E-state index < -0.39 is 18.0 Å². The molecule has 2 fully saturated rings. The second-order valence-corrected chi connectivity index (χ2v) is 11.4. The number of carboxylic acids is 1. The highest BCUT2D eigenvalue weighted by atomic mass is 19.1. The number of aliphatic carboxylic acids is 1. The zero-order valence-corrected chi connectivity index (χ0v) is 21.8. The van der Waals surface area contributed by atoms with Crippen molar-refractivity contribution < 1.29 is 23.8 Å². The van der Waals surface area contributed by atoms with Crippen LogP contribution in [0.4, 0.5) is 10.1 Å². The molecular weight excluding hydrogens is 515 g/mol. The summed E-state index contributed by atoms with van der Waals surface area (Å²) in [6, 6.07) is 6.72. The Morgan fingerprint density at radius 3 is 2.92 bits per heavy atom. The Balaban J connectivity index is 1.12. The van der Waals surface area contributed by atoms with Crippen LogP contribution in [-0.4, -0.2) is 49.7 Å². The van der Waals surface area contributed by atoms with Crippen LogP contribution < -0.4 is 11.1 Å². The predicted octanol–water partition coefficient (Wildman–Crippen LogP) is 4.08. The Labute approximate surface area is 229 Å². The number of anilines is 1. The fourth-order valence-corrected chi connectivity index (χ4v) is 7.57. The normalized spacial score (nSPS) is 25.5. The monoisotopic (exact) mass is 546 g/mol. The fraction of sp³-hybridized carbons (Fsp3) is 0.448. The molecule has 208 valence electrons. The van der Waals surface area contributed by atoms with Crippen molar-refractivity contribution in [2.24, 2.45) is 23.5 Å². The summed E-state index contributed by atoms with van der Waals surface area (Å²) in [4.78, 5) is 22.8. The lowest BCUT2D eigenvalue weighted by atomic mass is 9.67. The van der Waals surface area contributed by atoms with Crippen LogP contribution in [0.25, 0.3) is 21.8 Å². The first-order valence-corrected chi connectivity index (χ1v) is 13.9. The van der Waals surface area contributed by atoms with Gasteiger partial charge in [-0.25, -0.2) is 4.39 Å². The van der Waals surface area contributed by atoms with Crippen molar-refractivity contribution in [1.29, 1.82) is 0 Å². The number of aromatic amines is 1. The third-order valence-electron chi connectivity index (χ3n) is 9.30. The van der Waals surface area contributed by atoms with E-state index in [0.717, 1.165) is 32.9 Å². The van der Waals surface area contributed by atoms with Crippen molar-refractivity contribution in [3.05, 3.63) is 53.6 Å². The molecule has 2 aromatic heterocycles. The largest absolute Gasteiger partial charge is 0.480 e. The number of benzene rings is 2. The summed E-state index contributed by atoms with van der Waals surface area (Å²) < 4.78 is 22.5. The first-order chi connectivity index (χ1) is 19.4. The molecule has 3 aliphatic rings. The zero-order valence-electron chi connectivity index (χ0n) is 21.8. The number of halogens is 1. The number of fused-ring (bicyclic) bond motifs is 10. The van der Waals surface area contributed by atoms with Gasteiger partial charge in [0, 0.05) is 23.3 Å². The number of nitrogens with two attached hydrogens (primary N) is 1. The van der Waals surface area contributed by atoms with Gasteiger partial charge in [-0.1, -0.05) is 6.07 Å². The Kier molecular flexibility index (Phi) is 5.99. The van der Waals surface area contributed by atoms with Gasteiger partial charge < -0.3 is 20.9 Å². The fourth-order valence-electron chi connectivity index (χ4n) is 7.57. The molecule has 0 spiro atoms. The second-order valence-electron chi connectivity index (χ2n) is 11.4. The number of rotatable bonds is 8. The van der Waals surface area contributed by atoms with Gasteiger partial charge in [-0.05, 0) is 72.6 Å². The van der Waals surface area contributed by atoms with Crippen molar-refractivity contribution in [2.45, 2.75) is 56.7 Å². The highest BCUT2D eigenvalue weighted by Crippen LogP contribution is 2.64. The smallest absolute Gasteiger partial charge is 0.320 e. The summed E-state index contributed by atoms with van der Waals surface area (Å²) >= 11 is 0. The quantitative estimate of drug-likeness (QED) is 0.242. The lowest BCUT2D eigenvalue weighted by molar-refractivity contribution is -0.144. The Morgan fingerprint density at radius 2 is 2.08 bits per heavy atom. The molecule has 2 saturated carbocycles. The minimum Gasteiger partial charge on any atom is -0.480 e. The molecule has 40 heavy (non-hydrogen) atoms. The molecule has 4 aromatic rings. The van der Waals surface area contributed by atoms with Crippen LogP contribution in [-0.2, 0) is 20.9 Å². The average molecular weight is 547 g/mol. The third-order valence-corrected chi connectivity index (χ3v) is 9.30. The molecule has 0 amide bonds. The number of nitrogens with one attached hydrogen (secondary N) is 2. The van der Waals surface area contributed by atoms with E-state index in [2.05, 4.69) is 32.7 Å². The van der Waals surface area contributed by atoms with E-state index in [1.54, 1.807) is 16.9 Å². The van der Waals surface area contributed by atoms with E-state index in [4.69, 9.17) is 15.6 Å². The number of nitrogens with zero attached hydrogens (tertiary/aromatic N) is 3. The number of ether oxygens (including phenoxy) is 1. The molecule has 10 nitrogen and oxygen atoms in total. The summed E-state index contributed by atoms with van der Waals surface area (Å²) in [5.74, 6) is -0.0254. The predicted molar refractivity (Wildman–Crippen MR) is 145 cm³/mol. The van der Waals surface area contributed by atoms with Crippen LogP contribution in [0.5, 0.6) is 0 Å². The molecule has 7 rings (SSSR count). The van der Waals surface area contributed by atoms with Gasteiger partial charge in [-0.3, -0.25) is 19.4 Å². The van der Waals surface area contributed by atoms with Crippen molar-refractivity contribution in [2.75, 3.05) is 11.9 Å². The summed E-state index contributed by atoms with van der Waals surface area (Å²) in [5, 5.41) is 26.1. The summed E-state index contributed by atoms with van der Waals surface area (Å²) in [5.41, 5.74) is 9.93. The molecule has 0 radical (unpaired) electrons. The van der Waals surface area contributed by atoms with Crippen molar-refractivity contribution >= 4 is 39.4 Å². The maximum absolute atomic E-state index is 15.4. The number of carboxylic acid groups (broad SMARTS) is 1. The van der Waals surface area contributed by atoms with E-state index >= 15 is 4.39 Å². The van der Waals surface area contributed by atoms with E-state index in [1.165, 1.54) is 19.3 Å². The lowest BCUT2D eigenvalue weighted by Gasteiger charge is -2.43. The van der Waals surface area contributed by atoms with Gasteiger partial charge in [0.25, 0.3) is 0 Å². The van der Waals surface area contributed by atoms with E-state index in [9.17, 15) is 9.59 Å². The molecular formula is C29H31FN6O4. The number of H-pyrrole nitrogens is 1. The van der Waals surface area contributed by atoms with Gasteiger partial charge in [0.1, 0.15) is 18.5 Å². The van der Waals surface area contributed by atoms with Gasteiger partial charge >= 0.3 is 11.9 Å². The number of aromatic nitrogens is 4. The minimum atomic E-state index is -1.14.